The summed E-state index contributed by atoms with van der Waals surface area (Å²) in [6.45, 7) is 3.62. The van der Waals surface area contributed by atoms with E-state index in [1.807, 2.05) is 24.3 Å². The maximum absolute atomic E-state index is 12.0. The number of unbranched alkanes of at least 4 members (excludes halogenated alkanes) is 1. The number of nitrogens with zero attached hydrogens (tertiary/aromatic N) is 2. The molecule has 0 bridgehead atoms. The maximum atomic E-state index is 12.0. The minimum Gasteiger partial charge on any atom is -0.494 e. The van der Waals surface area contributed by atoms with Crippen LogP contribution in [0.2, 0.25) is 0 Å². The number of hydrogen-bond donors (Lipinski definition) is 1. The SMILES string of the molecule is CCCCOc1ccc(/C=C/C(=O)Nc2nnc(C3CCCO3)s2)cc1. The molecule has 1 aliphatic heterocycles. The average molecular weight is 373 g/mol. The van der Waals surface area contributed by atoms with E-state index in [0.29, 0.717) is 5.13 Å². The first-order valence-corrected chi connectivity index (χ1v) is 9.73. The van der Waals surface area contributed by atoms with E-state index >= 15 is 0 Å². The predicted octanol–water partition coefficient (Wildman–Crippen LogP) is 4.22. The van der Waals surface area contributed by atoms with Crippen molar-refractivity contribution < 1.29 is 14.3 Å². The summed E-state index contributed by atoms with van der Waals surface area (Å²) in [5, 5.41) is 12.2. The Balaban J connectivity index is 1.49. The molecule has 3 rings (SSSR count). The smallest absolute Gasteiger partial charge is 0.250 e. The van der Waals surface area contributed by atoms with Gasteiger partial charge >= 0.3 is 0 Å². The van der Waals surface area contributed by atoms with Gasteiger partial charge in [0.05, 0.1) is 6.61 Å². The Kier molecular flexibility index (Phi) is 6.74. The topological polar surface area (TPSA) is 73.3 Å². The van der Waals surface area contributed by atoms with Gasteiger partial charge in [-0.3, -0.25) is 10.1 Å². The van der Waals surface area contributed by atoms with Gasteiger partial charge in [0.1, 0.15) is 16.9 Å². The quantitative estimate of drug-likeness (QED) is 0.554. The molecule has 2 heterocycles. The van der Waals surface area contributed by atoms with Crippen LogP contribution in [0.15, 0.2) is 30.3 Å². The number of amides is 1. The van der Waals surface area contributed by atoms with E-state index in [0.717, 1.165) is 55.2 Å². The highest BCUT2D eigenvalue weighted by molar-refractivity contribution is 7.15. The molecule has 1 N–H and O–H groups in total. The number of rotatable bonds is 8. The standard InChI is InChI=1S/C19H23N3O3S/c1-2-3-12-24-15-9-6-14(7-10-15)8-11-17(23)20-19-22-21-18(26-19)16-5-4-13-25-16/h6-11,16H,2-5,12-13H2,1H3,(H,20,22,23)/b11-8+. The Bertz CT molecular complexity index is 737. The second-order valence-electron chi connectivity index (χ2n) is 6.04. The fraction of sp³-hybridized carbons (Fsp3) is 0.421. The van der Waals surface area contributed by atoms with Crippen molar-refractivity contribution in [1.29, 1.82) is 0 Å². The number of carbonyl (C=O) groups is 1. The summed E-state index contributed by atoms with van der Waals surface area (Å²) < 4.78 is 11.2. The van der Waals surface area contributed by atoms with E-state index in [1.54, 1.807) is 6.08 Å². The molecular formula is C19H23N3O3S. The van der Waals surface area contributed by atoms with Crippen LogP contribution in [-0.4, -0.2) is 29.3 Å². The lowest BCUT2D eigenvalue weighted by Gasteiger charge is -2.05. The second-order valence-corrected chi connectivity index (χ2v) is 7.05. The van der Waals surface area contributed by atoms with Gasteiger partial charge in [0.15, 0.2) is 0 Å². The van der Waals surface area contributed by atoms with Crippen LogP contribution in [0.1, 0.15) is 49.3 Å². The molecule has 1 amide bonds. The molecule has 1 atom stereocenters. The van der Waals surface area contributed by atoms with Crippen molar-refractivity contribution >= 4 is 28.5 Å². The van der Waals surface area contributed by atoms with Gasteiger partial charge in [-0.15, -0.1) is 10.2 Å². The fourth-order valence-electron chi connectivity index (χ4n) is 2.52. The van der Waals surface area contributed by atoms with Gasteiger partial charge in [-0.05, 0) is 43.0 Å². The number of nitrogens with one attached hydrogen (secondary N) is 1. The molecule has 0 spiro atoms. The van der Waals surface area contributed by atoms with Crippen LogP contribution >= 0.6 is 11.3 Å². The zero-order chi connectivity index (χ0) is 18.2. The first kappa shape index (κ1) is 18.5. The molecule has 1 fully saturated rings. The zero-order valence-electron chi connectivity index (χ0n) is 14.8. The highest BCUT2D eigenvalue weighted by Crippen LogP contribution is 2.31. The van der Waals surface area contributed by atoms with E-state index in [-0.39, 0.29) is 12.0 Å². The predicted molar refractivity (Wildman–Crippen MR) is 102 cm³/mol. The molecule has 6 nitrogen and oxygen atoms in total. The summed E-state index contributed by atoms with van der Waals surface area (Å²) in [7, 11) is 0. The van der Waals surface area contributed by atoms with Crippen molar-refractivity contribution in [1.82, 2.24) is 10.2 Å². The van der Waals surface area contributed by atoms with Crippen LogP contribution < -0.4 is 10.1 Å². The highest BCUT2D eigenvalue weighted by Gasteiger charge is 2.22. The fourth-order valence-corrected chi connectivity index (χ4v) is 3.35. The number of benzene rings is 1. The van der Waals surface area contributed by atoms with Crippen molar-refractivity contribution in [2.45, 2.75) is 38.7 Å². The molecule has 0 saturated carbocycles. The van der Waals surface area contributed by atoms with Gasteiger partial charge in [-0.2, -0.15) is 0 Å². The first-order valence-electron chi connectivity index (χ1n) is 8.91. The third-order valence-electron chi connectivity index (χ3n) is 3.95. The Morgan fingerprint density at radius 1 is 1.38 bits per heavy atom. The molecular weight excluding hydrogens is 350 g/mol. The monoisotopic (exact) mass is 373 g/mol. The van der Waals surface area contributed by atoms with Crippen LogP contribution in [0, 0.1) is 0 Å². The molecule has 1 aromatic heterocycles. The third kappa shape index (κ3) is 5.37. The van der Waals surface area contributed by atoms with Gasteiger partial charge in [0.25, 0.3) is 0 Å². The van der Waals surface area contributed by atoms with Crippen LogP contribution in [0.3, 0.4) is 0 Å². The van der Waals surface area contributed by atoms with Crippen LogP contribution in [0.25, 0.3) is 6.08 Å². The summed E-state index contributed by atoms with van der Waals surface area (Å²) in [4.78, 5) is 12.0. The van der Waals surface area contributed by atoms with Crippen molar-refractivity contribution in [3.63, 3.8) is 0 Å². The van der Waals surface area contributed by atoms with E-state index in [4.69, 9.17) is 9.47 Å². The maximum Gasteiger partial charge on any atom is 0.250 e. The Morgan fingerprint density at radius 2 is 2.23 bits per heavy atom. The van der Waals surface area contributed by atoms with E-state index in [9.17, 15) is 4.79 Å². The number of aromatic nitrogens is 2. The highest BCUT2D eigenvalue weighted by atomic mass is 32.1. The number of carbonyl (C=O) groups excluding carboxylic acids is 1. The van der Waals surface area contributed by atoms with Gasteiger partial charge in [0.2, 0.25) is 11.0 Å². The van der Waals surface area contributed by atoms with Gasteiger partial charge in [-0.1, -0.05) is 36.8 Å². The van der Waals surface area contributed by atoms with Crippen molar-refractivity contribution in [2.24, 2.45) is 0 Å². The Labute approximate surface area is 157 Å². The summed E-state index contributed by atoms with van der Waals surface area (Å²) >= 11 is 1.36. The molecule has 138 valence electrons. The van der Waals surface area contributed by atoms with E-state index in [1.165, 1.54) is 17.4 Å². The first-order chi connectivity index (χ1) is 12.7. The van der Waals surface area contributed by atoms with Crippen LogP contribution in [0.5, 0.6) is 5.75 Å². The molecule has 0 radical (unpaired) electrons. The van der Waals surface area contributed by atoms with E-state index < -0.39 is 0 Å². The minimum atomic E-state index is -0.233. The van der Waals surface area contributed by atoms with Gasteiger partial charge < -0.3 is 9.47 Å². The summed E-state index contributed by atoms with van der Waals surface area (Å²) in [6.07, 6.45) is 7.42. The number of anilines is 1. The molecule has 7 heteroatoms. The normalized spacial score (nSPS) is 16.9. The van der Waals surface area contributed by atoms with Gasteiger partial charge in [0, 0.05) is 12.7 Å². The lowest BCUT2D eigenvalue weighted by atomic mass is 10.2. The summed E-state index contributed by atoms with van der Waals surface area (Å²) in [5.74, 6) is 0.610. The summed E-state index contributed by atoms with van der Waals surface area (Å²) in [5.41, 5.74) is 0.931. The third-order valence-corrected chi connectivity index (χ3v) is 4.88. The molecule has 26 heavy (non-hydrogen) atoms. The lowest BCUT2D eigenvalue weighted by molar-refractivity contribution is -0.111. The van der Waals surface area contributed by atoms with E-state index in [2.05, 4.69) is 22.4 Å². The second kappa shape index (κ2) is 9.45. The summed E-state index contributed by atoms with van der Waals surface area (Å²) in [6, 6.07) is 7.66. The van der Waals surface area contributed by atoms with Crippen molar-refractivity contribution in [2.75, 3.05) is 18.5 Å². The van der Waals surface area contributed by atoms with Crippen LogP contribution in [-0.2, 0) is 9.53 Å². The molecule has 1 aromatic carbocycles. The zero-order valence-corrected chi connectivity index (χ0v) is 15.6. The number of hydrogen-bond acceptors (Lipinski definition) is 6. The average Bonchev–Trinajstić information content (AvgIpc) is 3.33. The molecule has 1 unspecified atom stereocenters. The largest absolute Gasteiger partial charge is 0.494 e. The Morgan fingerprint density at radius 3 is 2.96 bits per heavy atom. The minimum absolute atomic E-state index is 0.0201. The molecule has 2 aromatic rings. The van der Waals surface area contributed by atoms with Crippen molar-refractivity contribution in [3.05, 3.63) is 40.9 Å². The Hall–Kier alpha value is -2.25. The molecule has 0 aliphatic carbocycles. The van der Waals surface area contributed by atoms with Crippen molar-refractivity contribution in [3.8, 4) is 5.75 Å². The molecule has 1 aliphatic rings. The van der Waals surface area contributed by atoms with Crippen LogP contribution in [0.4, 0.5) is 5.13 Å². The molecule has 1 saturated heterocycles. The lowest BCUT2D eigenvalue weighted by Crippen LogP contribution is -2.07. The number of ether oxygens (including phenoxy) is 2. The van der Waals surface area contributed by atoms with Gasteiger partial charge in [-0.25, -0.2) is 0 Å².